The lowest BCUT2D eigenvalue weighted by Crippen LogP contribution is -2.27. The predicted molar refractivity (Wildman–Crippen MR) is 61.7 cm³/mol. The molecule has 1 amide bonds. The van der Waals surface area contributed by atoms with Gasteiger partial charge in [0.05, 0.1) is 17.2 Å². The molecular weight excluding hydrogens is 222 g/mol. The maximum absolute atomic E-state index is 11.7. The molecule has 0 fully saturated rings. The van der Waals surface area contributed by atoms with Crippen molar-refractivity contribution in [1.29, 1.82) is 0 Å². The molecule has 1 heterocycles. The van der Waals surface area contributed by atoms with Gasteiger partial charge in [0.25, 0.3) is 5.91 Å². The first kappa shape index (κ1) is 13.2. The molecule has 17 heavy (non-hydrogen) atoms. The summed E-state index contributed by atoms with van der Waals surface area (Å²) < 4.78 is 1.57. The normalized spacial score (nSPS) is 12.2. The van der Waals surface area contributed by atoms with E-state index in [9.17, 15) is 9.59 Å². The molecule has 1 unspecified atom stereocenters. The van der Waals surface area contributed by atoms with Gasteiger partial charge in [-0.2, -0.15) is 5.10 Å². The lowest BCUT2D eigenvalue weighted by atomic mass is 10.1. The van der Waals surface area contributed by atoms with Crippen molar-refractivity contribution in [3.63, 3.8) is 0 Å². The molecule has 1 atom stereocenters. The second kappa shape index (κ2) is 5.47. The maximum atomic E-state index is 11.7. The van der Waals surface area contributed by atoms with E-state index in [1.54, 1.807) is 31.8 Å². The maximum Gasteiger partial charge on any atom is 0.306 e. The largest absolute Gasteiger partial charge is 0.481 e. The summed E-state index contributed by atoms with van der Waals surface area (Å²) >= 11 is 0. The van der Waals surface area contributed by atoms with E-state index in [1.165, 1.54) is 0 Å². The number of carbonyl (C=O) groups excluding carboxylic acids is 1. The van der Waals surface area contributed by atoms with Crippen molar-refractivity contribution < 1.29 is 14.7 Å². The zero-order chi connectivity index (χ0) is 13.0. The van der Waals surface area contributed by atoms with Gasteiger partial charge in [0.2, 0.25) is 0 Å². The van der Waals surface area contributed by atoms with Crippen molar-refractivity contribution in [3.8, 4) is 0 Å². The highest BCUT2D eigenvalue weighted by atomic mass is 16.4. The molecule has 1 rings (SSSR count). The van der Waals surface area contributed by atoms with Crippen LogP contribution >= 0.6 is 0 Å². The molecule has 0 aliphatic heterocycles. The van der Waals surface area contributed by atoms with Gasteiger partial charge in [0, 0.05) is 19.8 Å². The summed E-state index contributed by atoms with van der Waals surface area (Å²) in [6, 6.07) is 0. The fourth-order valence-electron chi connectivity index (χ4n) is 1.44. The van der Waals surface area contributed by atoms with Crippen LogP contribution in [0.3, 0.4) is 0 Å². The second-order valence-corrected chi connectivity index (χ2v) is 4.09. The average Bonchev–Trinajstić information content (AvgIpc) is 2.57. The minimum absolute atomic E-state index is 0.215. The van der Waals surface area contributed by atoms with E-state index >= 15 is 0 Å². The van der Waals surface area contributed by atoms with Gasteiger partial charge in [-0.3, -0.25) is 14.3 Å². The monoisotopic (exact) mass is 239 g/mol. The number of carboxylic acid groups (broad SMARTS) is 1. The van der Waals surface area contributed by atoms with E-state index in [0.29, 0.717) is 24.2 Å². The molecule has 0 saturated carbocycles. The van der Waals surface area contributed by atoms with Crippen LogP contribution in [0.15, 0.2) is 6.20 Å². The van der Waals surface area contributed by atoms with E-state index in [0.717, 1.165) is 0 Å². The molecule has 6 nitrogen and oxygen atoms in total. The van der Waals surface area contributed by atoms with Gasteiger partial charge in [-0.1, -0.05) is 6.92 Å². The number of nitrogens with one attached hydrogen (secondary N) is 1. The van der Waals surface area contributed by atoms with Gasteiger partial charge in [-0.05, 0) is 13.3 Å². The number of rotatable bonds is 5. The van der Waals surface area contributed by atoms with Crippen LogP contribution in [-0.4, -0.2) is 33.3 Å². The predicted octanol–water partition coefficient (Wildman–Crippen LogP) is 0.569. The summed E-state index contributed by atoms with van der Waals surface area (Å²) in [5, 5.41) is 15.4. The zero-order valence-corrected chi connectivity index (χ0v) is 10.2. The van der Waals surface area contributed by atoms with Crippen LogP contribution in [0.2, 0.25) is 0 Å². The molecule has 0 aliphatic rings. The number of hydrogen-bond donors (Lipinski definition) is 2. The van der Waals surface area contributed by atoms with Crippen molar-refractivity contribution >= 4 is 11.9 Å². The highest BCUT2D eigenvalue weighted by molar-refractivity contribution is 5.94. The standard InChI is InChI=1S/C11H17N3O3/c1-7(11(16)17)4-5-12-10(15)9-6-14(3)13-8(9)2/h6-7H,4-5H2,1-3H3,(H,12,15)(H,16,17). The molecule has 0 bridgehead atoms. The van der Waals surface area contributed by atoms with Crippen molar-refractivity contribution in [3.05, 3.63) is 17.5 Å². The smallest absolute Gasteiger partial charge is 0.306 e. The van der Waals surface area contributed by atoms with E-state index in [2.05, 4.69) is 10.4 Å². The molecule has 0 aliphatic carbocycles. The second-order valence-electron chi connectivity index (χ2n) is 4.09. The molecule has 0 saturated heterocycles. The van der Waals surface area contributed by atoms with Crippen LogP contribution in [0.1, 0.15) is 29.4 Å². The van der Waals surface area contributed by atoms with Crippen LogP contribution in [0.4, 0.5) is 0 Å². The Bertz CT molecular complexity index is 426. The first-order chi connectivity index (χ1) is 7.91. The third-order valence-electron chi connectivity index (χ3n) is 2.54. The molecule has 2 N–H and O–H groups in total. The van der Waals surface area contributed by atoms with Crippen molar-refractivity contribution in [2.45, 2.75) is 20.3 Å². The summed E-state index contributed by atoms with van der Waals surface area (Å²) in [5.74, 6) is -1.52. The van der Waals surface area contributed by atoms with E-state index in [4.69, 9.17) is 5.11 Å². The van der Waals surface area contributed by atoms with Gasteiger partial charge in [-0.15, -0.1) is 0 Å². The SMILES string of the molecule is Cc1nn(C)cc1C(=O)NCCC(C)C(=O)O. The first-order valence-corrected chi connectivity index (χ1v) is 5.43. The summed E-state index contributed by atoms with van der Waals surface area (Å²) in [4.78, 5) is 22.3. The Kier molecular flexibility index (Phi) is 4.25. The average molecular weight is 239 g/mol. The Labute approximate surface area is 99.6 Å². The van der Waals surface area contributed by atoms with Crippen LogP contribution in [0.25, 0.3) is 0 Å². The van der Waals surface area contributed by atoms with E-state index in [1.807, 2.05) is 0 Å². The highest BCUT2D eigenvalue weighted by Gasteiger charge is 2.14. The molecule has 0 spiro atoms. The minimum Gasteiger partial charge on any atom is -0.481 e. The van der Waals surface area contributed by atoms with Gasteiger partial charge >= 0.3 is 5.97 Å². The summed E-state index contributed by atoms with van der Waals surface area (Å²) in [6.07, 6.45) is 2.06. The van der Waals surface area contributed by atoms with Crippen LogP contribution in [0, 0.1) is 12.8 Å². The van der Waals surface area contributed by atoms with Gasteiger partial charge in [0.1, 0.15) is 0 Å². The number of carbonyl (C=O) groups is 2. The fraction of sp³-hybridized carbons (Fsp3) is 0.545. The number of carboxylic acids is 1. The van der Waals surface area contributed by atoms with Crippen LogP contribution in [-0.2, 0) is 11.8 Å². The minimum atomic E-state index is -0.850. The number of hydrogen-bond acceptors (Lipinski definition) is 3. The number of aliphatic carboxylic acids is 1. The van der Waals surface area contributed by atoms with Crippen molar-refractivity contribution in [2.75, 3.05) is 6.54 Å². The first-order valence-electron chi connectivity index (χ1n) is 5.43. The van der Waals surface area contributed by atoms with Gasteiger partial charge in [-0.25, -0.2) is 0 Å². The third kappa shape index (κ3) is 3.58. The number of aryl methyl sites for hydroxylation is 2. The lowest BCUT2D eigenvalue weighted by Gasteiger charge is -2.07. The molecule has 1 aromatic heterocycles. The third-order valence-corrected chi connectivity index (χ3v) is 2.54. The number of aromatic nitrogens is 2. The van der Waals surface area contributed by atoms with Crippen molar-refractivity contribution in [1.82, 2.24) is 15.1 Å². The topological polar surface area (TPSA) is 84.2 Å². The summed E-state index contributed by atoms with van der Waals surface area (Å²) in [6.45, 7) is 3.72. The van der Waals surface area contributed by atoms with Crippen LogP contribution in [0.5, 0.6) is 0 Å². The molecule has 0 aromatic carbocycles. The Morgan fingerprint density at radius 2 is 2.24 bits per heavy atom. The number of nitrogens with zero attached hydrogens (tertiary/aromatic N) is 2. The summed E-state index contributed by atoms with van der Waals surface area (Å²) in [7, 11) is 1.75. The molecule has 94 valence electrons. The fourth-order valence-corrected chi connectivity index (χ4v) is 1.44. The molecule has 6 heteroatoms. The molecule has 0 radical (unpaired) electrons. The Balaban J connectivity index is 2.45. The van der Waals surface area contributed by atoms with E-state index < -0.39 is 11.9 Å². The zero-order valence-electron chi connectivity index (χ0n) is 10.2. The van der Waals surface area contributed by atoms with E-state index in [-0.39, 0.29) is 5.91 Å². The Morgan fingerprint density at radius 3 is 2.71 bits per heavy atom. The Hall–Kier alpha value is -1.85. The van der Waals surface area contributed by atoms with Gasteiger partial charge < -0.3 is 10.4 Å². The van der Waals surface area contributed by atoms with Gasteiger partial charge in [0.15, 0.2) is 0 Å². The molecular formula is C11H17N3O3. The van der Waals surface area contributed by atoms with Crippen LogP contribution < -0.4 is 5.32 Å². The highest BCUT2D eigenvalue weighted by Crippen LogP contribution is 2.05. The quantitative estimate of drug-likeness (QED) is 0.786. The Morgan fingerprint density at radius 1 is 1.59 bits per heavy atom. The lowest BCUT2D eigenvalue weighted by molar-refractivity contribution is -0.141. The summed E-state index contributed by atoms with van der Waals surface area (Å²) in [5.41, 5.74) is 1.19. The molecule has 1 aromatic rings. The van der Waals surface area contributed by atoms with Crippen molar-refractivity contribution in [2.24, 2.45) is 13.0 Å². The number of amides is 1.